The summed E-state index contributed by atoms with van der Waals surface area (Å²) in [6.45, 7) is 3.21. The molecule has 0 aromatic carbocycles. The molecule has 0 unspecified atom stereocenters. The maximum atomic E-state index is 11.0. The highest BCUT2D eigenvalue weighted by Gasteiger charge is 2.35. The molecular weight excluding hydrogens is 130 g/mol. The second-order valence-corrected chi connectivity index (χ2v) is 2.80. The van der Waals surface area contributed by atoms with Crippen molar-refractivity contribution in [2.75, 3.05) is 0 Å². The minimum absolute atomic E-state index is 0.142. The van der Waals surface area contributed by atoms with Crippen LogP contribution in [-0.2, 0) is 9.59 Å². The van der Waals surface area contributed by atoms with Crippen molar-refractivity contribution in [2.45, 2.75) is 13.8 Å². The number of ketones is 1. The third kappa shape index (κ3) is 0.835. The zero-order valence-corrected chi connectivity index (χ0v) is 5.97. The van der Waals surface area contributed by atoms with Gasteiger partial charge in [0.2, 0.25) is 5.91 Å². The maximum absolute atomic E-state index is 11.0. The van der Waals surface area contributed by atoms with Crippen molar-refractivity contribution in [3.8, 4) is 0 Å². The number of carbonyl (C=O) groups excluding carboxylic acids is 2. The highest BCUT2D eigenvalue weighted by molar-refractivity contribution is 6.12. The van der Waals surface area contributed by atoms with Gasteiger partial charge in [-0.15, -0.1) is 0 Å². The number of hydrogen-bond acceptors (Lipinski definition) is 2. The Morgan fingerprint density at radius 3 is 2.40 bits per heavy atom. The van der Waals surface area contributed by atoms with E-state index in [2.05, 4.69) is 5.32 Å². The van der Waals surface area contributed by atoms with Crippen LogP contribution < -0.4 is 5.32 Å². The maximum Gasteiger partial charge on any atom is 0.237 e. The van der Waals surface area contributed by atoms with Gasteiger partial charge in [0, 0.05) is 6.20 Å². The van der Waals surface area contributed by atoms with Crippen LogP contribution in [0.3, 0.4) is 0 Å². The van der Waals surface area contributed by atoms with Crippen LogP contribution in [0.5, 0.6) is 0 Å². The van der Waals surface area contributed by atoms with Gasteiger partial charge in [-0.2, -0.15) is 0 Å². The molecule has 0 aliphatic carbocycles. The Bertz CT molecular complexity index is 216. The van der Waals surface area contributed by atoms with Crippen LogP contribution >= 0.6 is 0 Å². The van der Waals surface area contributed by atoms with Crippen LogP contribution in [-0.4, -0.2) is 11.7 Å². The van der Waals surface area contributed by atoms with Gasteiger partial charge >= 0.3 is 0 Å². The fraction of sp³-hybridized carbons (Fsp3) is 0.429. The molecule has 0 aromatic rings. The first-order chi connectivity index (χ1) is 4.55. The zero-order chi connectivity index (χ0) is 7.78. The predicted octanol–water partition coefficient (Wildman–Crippen LogP) is 0.225. The van der Waals surface area contributed by atoms with Crippen molar-refractivity contribution >= 4 is 11.7 Å². The van der Waals surface area contributed by atoms with E-state index in [0.717, 1.165) is 0 Å². The van der Waals surface area contributed by atoms with Crippen molar-refractivity contribution in [3.05, 3.63) is 12.3 Å². The third-order valence-electron chi connectivity index (χ3n) is 1.63. The normalized spacial score (nSPS) is 22.6. The van der Waals surface area contributed by atoms with Gasteiger partial charge in [-0.25, -0.2) is 0 Å². The molecule has 0 bridgehead atoms. The van der Waals surface area contributed by atoms with Gasteiger partial charge in [0.15, 0.2) is 5.78 Å². The minimum Gasteiger partial charge on any atom is -0.332 e. The topological polar surface area (TPSA) is 46.2 Å². The number of hydrogen-bond donors (Lipinski definition) is 1. The smallest absolute Gasteiger partial charge is 0.237 e. The highest BCUT2D eigenvalue weighted by Crippen LogP contribution is 2.19. The molecule has 0 atom stereocenters. The standard InChI is InChI=1S/C7H9NO2/c1-7(2)5(9)3-4-8-6(7)10/h3-4H,1-2H3,(H,8,10). The summed E-state index contributed by atoms with van der Waals surface area (Å²) in [7, 11) is 0. The van der Waals surface area contributed by atoms with E-state index < -0.39 is 5.41 Å². The first-order valence-electron chi connectivity index (χ1n) is 3.07. The lowest BCUT2D eigenvalue weighted by Crippen LogP contribution is -2.42. The summed E-state index contributed by atoms with van der Waals surface area (Å²) in [6.07, 6.45) is 2.75. The molecule has 54 valence electrons. The summed E-state index contributed by atoms with van der Waals surface area (Å²) in [6, 6.07) is 0. The molecule has 1 N–H and O–H groups in total. The van der Waals surface area contributed by atoms with E-state index in [0.29, 0.717) is 0 Å². The summed E-state index contributed by atoms with van der Waals surface area (Å²) in [5.41, 5.74) is -0.880. The molecule has 10 heavy (non-hydrogen) atoms. The van der Waals surface area contributed by atoms with Crippen LogP contribution in [0.1, 0.15) is 13.8 Å². The molecule has 3 nitrogen and oxygen atoms in total. The van der Waals surface area contributed by atoms with Gasteiger partial charge in [0.25, 0.3) is 0 Å². The van der Waals surface area contributed by atoms with Crippen molar-refractivity contribution in [3.63, 3.8) is 0 Å². The predicted molar refractivity (Wildman–Crippen MR) is 36.1 cm³/mol. The van der Waals surface area contributed by atoms with Crippen molar-refractivity contribution in [1.82, 2.24) is 5.32 Å². The molecule has 0 radical (unpaired) electrons. The van der Waals surface area contributed by atoms with E-state index in [1.165, 1.54) is 12.3 Å². The van der Waals surface area contributed by atoms with Crippen molar-refractivity contribution < 1.29 is 9.59 Å². The molecule has 1 aliphatic heterocycles. The lowest BCUT2D eigenvalue weighted by atomic mass is 9.85. The van der Waals surface area contributed by atoms with Crippen LogP contribution in [0.15, 0.2) is 12.3 Å². The van der Waals surface area contributed by atoms with Crippen molar-refractivity contribution in [2.24, 2.45) is 5.41 Å². The number of rotatable bonds is 0. The van der Waals surface area contributed by atoms with E-state index in [4.69, 9.17) is 0 Å². The molecule has 0 fully saturated rings. The quantitative estimate of drug-likeness (QED) is 0.488. The second-order valence-electron chi connectivity index (χ2n) is 2.80. The fourth-order valence-electron chi connectivity index (χ4n) is 0.694. The van der Waals surface area contributed by atoms with E-state index >= 15 is 0 Å². The largest absolute Gasteiger partial charge is 0.332 e. The van der Waals surface area contributed by atoms with Gasteiger partial charge in [0.1, 0.15) is 5.41 Å². The van der Waals surface area contributed by atoms with Gasteiger partial charge < -0.3 is 5.32 Å². The first kappa shape index (κ1) is 6.99. The molecule has 0 saturated heterocycles. The van der Waals surface area contributed by atoms with Gasteiger partial charge in [0.05, 0.1) is 0 Å². The monoisotopic (exact) mass is 139 g/mol. The molecule has 1 heterocycles. The average Bonchev–Trinajstić information content (AvgIpc) is 1.84. The Balaban J connectivity index is 3.00. The first-order valence-corrected chi connectivity index (χ1v) is 3.07. The minimum atomic E-state index is -0.880. The lowest BCUT2D eigenvalue weighted by molar-refractivity contribution is -0.137. The summed E-state index contributed by atoms with van der Waals surface area (Å²) in [5, 5.41) is 2.46. The number of allylic oxidation sites excluding steroid dienone is 1. The molecule has 3 heteroatoms. The summed E-state index contributed by atoms with van der Waals surface area (Å²) >= 11 is 0. The SMILES string of the molecule is CC1(C)C(=O)C=CNC1=O. The molecule has 1 rings (SSSR count). The van der Waals surface area contributed by atoms with Crippen molar-refractivity contribution in [1.29, 1.82) is 0 Å². The number of carbonyl (C=O) groups is 2. The van der Waals surface area contributed by atoms with Gasteiger partial charge in [-0.05, 0) is 19.9 Å². The summed E-state index contributed by atoms with van der Waals surface area (Å²) < 4.78 is 0. The Hall–Kier alpha value is -1.12. The Kier molecular flexibility index (Phi) is 1.35. The highest BCUT2D eigenvalue weighted by atomic mass is 16.2. The van der Waals surface area contributed by atoms with Crippen LogP contribution in [0.2, 0.25) is 0 Å². The van der Waals surface area contributed by atoms with Crippen LogP contribution in [0.4, 0.5) is 0 Å². The van der Waals surface area contributed by atoms with E-state index in [1.54, 1.807) is 13.8 Å². The molecule has 1 aliphatic rings. The summed E-state index contributed by atoms with van der Waals surface area (Å²) in [4.78, 5) is 21.9. The molecule has 0 aromatic heterocycles. The third-order valence-corrected chi connectivity index (χ3v) is 1.63. The Morgan fingerprint density at radius 2 is 2.00 bits per heavy atom. The van der Waals surface area contributed by atoms with E-state index in [1.807, 2.05) is 0 Å². The number of amides is 1. The molecular formula is C7H9NO2. The summed E-state index contributed by atoms with van der Waals surface area (Å²) in [5.74, 6) is -0.378. The number of nitrogens with one attached hydrogen (secondary N) is 1. The van der Waals surface area contributed by atoms with E-state index in [-0.39, 0.29) is 11.7 Å². The Morgan fingerprint density at radius 1 is 1.40 bits per heavy atom. The molecule has 0 spiro atoms. The fourth-order valence-corrected chi connectivity index (χ4v) is 0.694. The Labute approximate surface area is 59.1 Å². The lowest BCUT2D eigenvalue weighted by Gasteiger charge is -2.22. The van der Waals surface area contributed by atoms with Crippen LogP contribution in [0.25, 0.3) is 0 Å². The zero-order valence-electron chi connectivity index (χ0n) is 5.97. The molecule has 0 saturated carbocycles. The van der Waals surface area contributed by atoms with Crippen LogP contribution in [0, 0.1) is 5.41 Å². The van der Waals surface area contributed by atoms with Gasteiger partial charge in [-0.3, -0.25) is 9.59 Å². The molecule has 1 amide bonds. The second kappa shape index (κ2) is 1.94. The van der Waals surface area contributed by atoms with Gasteiger partial charge in [-0.1, -0.05) is 0 Å². The average molecular weight is 139 g/mol. The van der Waals surface area contributed by atoms with E-state index in [9.17, 15) is 9.59 Å².